The van der Waals surface area contributed by atoms with Crippen LogP contribution >= 0.6 is 35.4 Å². The van der Waals surface area contributed by atoms with Gasteiger partial charge in [-0.1, -0.05) is 29.3 Å². The highest BCUT2D eigenvalue weighted by atomic mass is 35.5. The van der Waals surface area contributed by atoms with Crippen molar-refractivity contribution in [1.82, 2.24) is 5.43 Å². The van der Waals surface area contributed by atoms with E-state index >= 15 is 0 Å². The monoisotopic (exact) mass is 359 g/mol. The molecular formula is C14H9Cl2F2N3S. The van der Waals surface area contributed by atoms with Gasteiger partial charge >= 0.3 is 0 Å². The molecule has 0 amide bonds. The molecule has 8 heteroatoms. The van der Waals surface area contributed by atoms with Crippen LogP contribution in [0, 0.1) is 11.6 Å². The molecule has 2 N–H and O–H groups in total. The van der Waals surface area contributed by atoms with Gasteiger partial charge in [0, 0.05) is 5.69 Å². The lowest BCUT2D eigenvalue weighted by Gasteiger charge is -2.07. The number of rotatable bonds is 3. The predicted octanol–water partition coefficient (Wildman–Crippen LogP) is 4.59. The van der Waals surface area contributed by atoms with E-state index in [-0.39, 0.29) is 10.7 Å². The van der Waals surface area contributed by atoms with E-state index in [2.05, 4.69) is 15.8 Å². The molecule has 3 nitrogen and oxygen atoms in total. The lowest BCUT2D eigenvalue weighted by molar-refractivity contribution is 0.580. The second-order valence-corrected chi connectivity index (χ2v) is 5.31. The van der Waals surface area contributed by atoms with Gasteiger partial charge in [-0.25, -0.2) is 8.78 Å². The summed E-state index contributed by atoms with van der Waals surface area (Å²) < 4.78 is 26.7. The van der Waals surface area contributed by atoms with E-state index < -0.39 is 11.6 Å². The van der Waals surface area contributed by atoms with Crippen molar-refractivity contribution in [2.24, 2.45) is 5.10 Å². The third-order valence-corrected chi connectivity index (χ3v) is 3.47. The van der Waals surface area contributed by atoms with Gasteiger partial charge in [0.05, 0.1) is 21.8 Å². The molecule has 0 saturated heterocycles. The van der Waals surface area contributed by atoms with E-state index in [1.807, 2.05) is 0 Å². The van der Waals surface area contributed by atoms with Gasteiger partial charge in [-0.2, -0.15) is 5.10 Å². The van der Waals surface area contributed by atoms with Crippen molar-refractivity contribution in [3.05, 3.63) is 63.6 Å². The van der Waals surface area contributed by atoms with Gasteiger partial charge in [0.15, 0.2) is 5.11 Å². The minimum Gasteiger partial charge on any atom is -0.331 e. The van der Waals surface area contributed by atoms with Crippen LogP contribution in [-0.2, 0) is 0 Å². The van der Waals surface area contributed by atoms with E-state index in [0.29, 0.717) is 15.7 Å². The molecule has 0 heterocycles. The van der Waals surface area contributed by atoms with E-state index in [1.54, 1.807) is 18.2 Å². The molecule has 0 bridgehead atoms. The molecule has 0 radical (unpaired) electrons. The number of anilines is 1. The van der Waals surface area contributed by atoms with Crippen molar-refractivity contribution in [2.75, 3.05) is 5.32 Å². The maximum Gasteiger partial charge on any atom is 0.191 e. The molecule has 22 heavy (non-hydrogen) atoms. The number of hydrazone groups is 1. The van der Waals surface area contributed by atoms with Gasteiger partial charge in [-0.15, -0.1) is 0 Å². The summed E-state index contributed by atoms with van der Waals surface area (Å²) in [6.45, 7) is 0. The van der Waals surface area contributed by atoms with E-state index in [0.717, 1.165) is 18.3 Å². The van der Waals surface area contributed by atoms with Crippen LogP contribution in [0.4, 0.5) is 14.5 Å². The van der Waals surface area contributed by atoms with E-state index in [4.69, 9.17) is 35.4 Å². The summed E-state index contributed by atoms with van der Waals surface area (Å²) in [6, 6.07) is 8.40. The van der Waals surface area contributed by atoms with Crippen LogP contribution in [0.15, 0.2) is 41.5 Å². The molecule has 0 unspecified atom stereocenters. The molecule has 0 spiro atoms. The zero-order chi connectivity index (χ0) is 16.1. The van der Waals surface area contributed by atoms with Crippen molar-refractivity contribution >= 4 is 52.4 Å². The van der Waals surface area contributed by atoms with Gasteiger partial charge in [0.2, 0.25) is 0 Å². The smallest absolute Gasteiger partial charge is 0.191 e. The zero-order valence-corrected chi connectivity index (χ0v) is 13.2. The molecular weight excluding hydrogens is 351 g/mol. The Hall–Kier alpha value is -1.76. The molecule has 2 aromatic carbocycles. The van der Waals surface area contributed by atoms with Crippen molar-refractivity contribution < 1.29 is 8.78 Å². The van der Waals surface area contributed by atoms with E-state index in [9.17, 15) is 8.78 Å². The molecule has 0 aliphatic carbocycles. The molecule has 0 fully saturated rings. The Labute approximate surface area is 140 Å². The zero-order valence-electron chi connectivity index (χ0n) is 10.9. The van der Waals surface area contributed by atoms with Crippen LogP contribution in [0.1, 0.15) is 5.56 Å². The summed E-state index contributed by atoms with van der Waals surface area (Å²) in [4.78, 5) is 0. The van der Waals surface area contributed by atoms with Crippen LogP contribution in [-0.4, -0.2) is 11.3 Å². The Morgan fingerprint density at radius 3 is 2.41 bits per heavy atom. The number of thiocarbonyl (C=S) groups is 1. The number of hydrogen-bond acceptors (Lipinski definition) is 2. The van der Waals surface area contributed by atoms with Gasteiger partial charge in [0.1, 0.15) is 11.6 Å². The molecule has 0 atom stereocenters. The number of nitrogens with zero attached hydrogens (tertiary/aromatic N) is 1. The highest BCUT2D eigenvalue weighted by molar-refractivity contribution is 7.80. The number of halogens is 4. The Kier molecular flexibility index (Phi) is 5.65. The average molecular weight is 360 g/mol. The van der Waals surface area contributed by atoms with Gasteiger partial charge in [-0.3, -0.25) is 5.43 Å². The normalized spacial score (nSPS) is 10.7. The summed E-state index contributed by atoms with van der Waals surface area (Å²) in [6.07, 6.45) is 1.01. The van der Waals surface area contributed by atoms with Gasteiger partial charge in [-0.05, 0) is 42.5 Å². The average Bonchev–Trinajstić information content (AvgIpc) is 2.46. The van der Waals surface area contributed by atoms with Gasteiger partial charge in [0.25, 0.3) is 0 Å². The number of nitrogens with one attached hydrogen (secondary N) is 2. The summed E-state index contributed by atoms with van der Waals surface area (Å²) >= 11 is 16.7. The van der Waals surface area contributed by atoms with E-state index in [1.165, 1.54) is 6.07 Å². The highest BCUT2D eigenvalue weighted by Crippen LogP contribution is 2.24. The van der Waals surface area contributed by atoms with Crippen LogP contribution in [0.2, 0.25) is 10.0 Å². The molecule has 0 aromatic heterocycles. The maximum absolute atomic E-state index is 13.4. The number of hydrogen-bond donors (Lipinski definition) is 2. The first-order chi connectivity index (χ1) is 10.5. The fourth-order valence-electron chi connectivity index (χ4n) is 1.52. The summed E-state index contributed by atoms with van der Waals surface area (Å²) in [7, 11) is 0. The first kappa shape index (κ1) is 16.6. The second-order valence-electron chi connectivity index (χ2n) is 4.09. The molecule has 2 aromatic rings. The molecule has 2 rings (SSSR count). The third-order valence-electron chi connectivity index (χ3n) is 2.54. The molecule has 114 valence electrons. The number of benzene rings is 2. The first-order valence-corrected chi connectivity index (χ1v) is 7.13. The van der Waals surface area contributed by atoms with Gasteiger partial charge < -0.3 is 5.32 Å². The van der Waals surface area contributed by atoms with Crippen molar-refractivity contribution in [3.63, 3.8) is 0 Å². The molecule has 0 aliphatic heterocycles. The third kappa shape index (κ3) is 4.37. The SMILES string of the molecule is Fc1cccc(F)c1/C=N\NC(=S)Nc1ccc(Cl)c(Cl)c1. The quantitative estimate of drug-likeness (QED) is 0.478. The highest BCUT2D eigenvalue weighted by Gasteiger charge is 2.05. The Morgan fingerprint density at radius 2 is 1.77 bits per heavy atom. The molecule has 0 aliphatic rings. The minimum atomic E-state index is -0.714. The Morgan fingerprint density at radius 1 is 1.09 bits per heavy atom. The fraction of sp³-hybridized carbons (Fsp3) is 0. The minimum absolute atomic E-state index is 0.131. The topological polar surface area (TPSA) is 36.4 Å². The van der Waals surface area contributed by atoms with Crippen molar-refractivity contribution in [2.45, 2.75) is 0 Å². The largest absolute Gasteiger partial charge is 0.331 e. The second kappa shape index (κ2) is 7.49. The summed E-state index contributed by atoms with van der Waals surface area (Å²) in [5.41, 5.74) is 2.79. The summed E-state index contributed by atoms with van der Waals surface area (Å²) in [5, 5.41) is 7.40. The first-order valence-electron chi connectivity index (χ1n) is 5.96. The van der Waals surface area contributed by atoms with Crippen LogP contribution in [0.25, 0.3) is 0 Å². The fourth-order valence-corrected chi connectivity index (χ4v) is 1.99. The van der Waals surface area contributed by atoms with Crippen LogP contribution < -0.4 is 10.7 Å². The summed E-state index contributed by atoms with van der Waals surface area (Å²) in [5.74, 6) is -1.43. The lowest BCUT2D eigenvalue weighted by atomic mass is 10.2. The predicted molar refractivity (Wildman–Crippen MR) is 89.8 cm³/mol. The van der Waals surface area contributed by atoms with Crippen molar-refractivity contribution in [3.8, 4) is 0 Å². The lowest BCUT2D eigenvalue weighted by Crippen LogP contribution is -2.23. The maximum atomic E-state index is 13.4. The Balaban J connectivity index is 1.98. The van der Waals surface area contributed by atoms with Crippen LogP contribution in [0.3, 0.4) is 0 Å². The molecule has 0 saturated carbocycles. The van der Waals surface area contributed by atoms with Crippen molar-refractivity contribution in [1.29, 1.82) is 0 Å². The standard InChI is InChI=1S/C14H9Cl2F2N3S/c15-10-5-4-8(6-11(10)16)20-14(22)21-19-7-9-12(17)2-1-3-13(9)18/h1-7H,(H2,20,21,22)/b19-7-. The van der Waals surface area contributed by atoms with Crippen LogP contribution in [0.5, 0.6) is 0 Å². The Bertz CT molecular complexity index is 718.